The van der Waals surface area contributed by atoms with Crippen molar-refractivity contribution in [1.82, 2.24) is 0 Å². The second-order valence-corrected chi connectivity index (χ2v) is 5.22. The maximum absolute atomic E-state index is 12.7. The molecule has 0 saturated heterocycles. The highest BCUT2D eigenvalue weighted by Gasteiger charge is 2.37. The maximum atomic E-state index is 12.7. The van der Waals surface area contributed by atoms with Gasteiger partial charge in [-0.2, -0.15) is 26.3 Å². The Morgan fingerprint density at radius 3 is 1.87 bits per heavy atom. The molecule has 0 radical (unpaired) electrons. The SMILES string of the molecule is O=C(CCCCCCl)Nc1cc(C(F)(F)F)cc(C(F)(F)F)c1. The maximum Gasteiger partial charge on any atom is 0.416 e. The number of rotatable bonds is 6. The lowest BCUT2D eigenvalue weighted by molar-refractivity contribution is -0.143. The first-order chi connectivity index (χ1) is 10.5. The van der Waals surface area contributed by atoms with Gasteiger partial charge in [-0.1, -0.05) is 6.42 Å². The quantitative estimate of drug-likeness (QED) is 0.407. The number of nitrogens with one attached hydrogen (secondary N) is 1. The molecule has 0 aromatic heterocycles. The average molecular weight is 362 g/mol. The zero-order valence-corrected chi connectivity index (χ0v) is 12.6. The fourth-order valence-corrected chi connectivity index (χ4v) is 2.00. The number of amides is 1. The number of hydrogen-bond donors (Lipinski definition) is 1. The van der Waals surface area contributed by atoms with Crippen molar-refractivity contribution in [3.05, 3.63) is 29.3 Å². The van der Waals surface area contributed by atoms with Gasteiger partial charge in [-0.25, -0.2) is 0 Å². The summed E-state index contributed by atoms with van der Waals surface area (Å²) in [6, 6.07) is 0.966. The van der Waals surface area contributed by atoms with Gasteiger partial charge in [-0.3, -0.25) is 4.79 Å². The predicted octanol–water partition coefficient (Wildman–Crippen LogP) is 5.46. The van der Waals surface area contributed by atoms with Crippen molar-refractivity contribution in [2.75, 3.05) is 11.2 Å². The van der Waals surface area contributed by atoms with Crippen LogP contribution in [0.25, 0.3) is 0 Å². The Balaban J connectivity index is 2.91. The van der Waals surface area contributed by atoms with Crippen molar-refractivity contribution < 1.29 is 31.1 Å². The zero-order valence-electron chi connectivity index (χ0n) is 11.8. The smallest absolute Gasteiger partial charge is 0.326 e. The van der Waals surface area contributed by atoms with E-state index in [2.05, 4.69) is 5.32 Å². The molecule has 23 heavy (non-hydrogen) atoms. The molecule has 2 nitrogen and oxygen atoms in total. The van der Waals surface area contributed by atoms with Crippen LogP contribution in [0.15, 0.2) is 18.2 Å². The van der Waals surface area contributed by atoms with Crippen LogP contribution in [0.4, 0.5) is 32.0 Å². The number of alkyl halides is 7. The van der Waals surface area contributed by atoms with Gasteiger partial charge in [0.05, 0.1) is 11.1 Å². The zero-order chi connectivity index (χ0) is 17.7. The monoisotopic (exact) mass is 361 g/mol. The molecule has 0 spiro atoms. The van der Waals surface area contributed by atoms with E-state index in [1.54, 1.807) is 0 Å². The number of halogens is 7. The number of hydrogen-bond acceptors (Lipinski definition) is 1. The molecule has 0 aliphatic carbocycles. The Kier molecular flexibility index (Phi) is 6.73. The van der Waals surface area contributed by atoms with Gasteiger partial charge < -0.3 is 5.32 Å². The molecule has 0 saturated carbocycles. The molecule has 0 bridgehead atoms. The molecule has 9 heteroatoms. The van der Waals surface area contributed by atoms with Gasteiger partial charge in [-0.15, -0.1) is 11.6 Å². The van der Waals surface area contributed by atoms with Crippen LogP contribution in [0.1, 0.15) is 36.8 Å². The predicted molar refractivity (Wildman–Crippen MR) is 74.3 cm³/mol. The lowest BCUT2D eigenvalue weighted by Crippen LogP contribution is -2.15. The Labute approximate surface area is 133 Å². The molecule has 1 aromatic rings. The Morgan fingerprint density at radius 2 is 1.43 bits per heavy atom. The van der Waals surface area contributed by atoms with Crippen LogP contribution in [0.3, 0.4) is 0 Å². The standard InChI is InChI=1S/C14H14ClF6NO/c15-5-3-1-2-4-12(23)22-11-7-9(13(16,17)18)6-10(8-11)14(19,20)21/h6-8H,1-5H2,(H,22,23). The molecule has 1 aromatic carbocycles. The van der Waals surface area contributed by atoms with Crippen molar-refractivity contribution in [2.45, 2.75) is 38.0 Å². The minimum atomic E-state index is -4.94. The van der Waals surface area contributed by atoms with Crippen molar-refractivity contribution in [1.29, 1.82) is 0 Å². The minimum absolute atomic E-state index is 0.00547. The number of carbonyl (C=O) groups excluding carboxylic acids is 1. The van der Waals surface area contributed by atoms with E-state index in [1.165, 1.54) is 0 Å². The van der Waals surface area contributed by atoms with Crippen molar-refractivity contribution in [3.63, 3.8) is 0 Å². The molecular weight excluding hydrogens is 348 g/mol. The molecule has 0 aliphatic heterocycles. The van der Waals surface area contributed by atoms with E-state index in [0.717, 1.165) is 0 Å². The molecule has 0 fully saturated rings. The van der Waals surface area contributed by atoms with Gasteiger partial charge in [0.1, 0.15) is 0 Å². The van der Waals surface area contributed by atoms with Crippen molar-refractivity contribution >= 4 is 23.2 Å². The summed E-state index contributed by atoms with van der Waals surface area (Å²) in [6.45, 7) is 0. The molecular formula is C14H14ClF6NO. The lowest BCUT2D eigenvalue weighted by Gasteiger charge is -2.14. The summed E-state index contributed by atoms with van der Waals surface area (Å²) < 4.78 is 76.0. The van der Waals surface area contributed by atoms with Gasteiger partial charge in [0.2, 0.25) is 5.91 Å². The van der Waals surface area contributed by atoms with Gasteiger partial charge in [0.25, 0.3) is 0 Å². The number of benzene rings is 1. The first kappa shape index (κ1) is 19.6. The summed E-state index contributed by atoms with van der Waals surface area (Å²) in [4.78, 5) is 11.6. The summed E-state index contributed by atoms with van der Waals surface area (Å²) in [5.74, 6) is -0.225. The highest BCUT2D eigenvalue weighted by atomic mass is 35.5. The fraction of sp³-hybridized carbons (Fsp3) is 0.500. The topological polar surface area (TPSA) is 29.1 Å². The molecule has 1 amide bonds. The summed E-state index contributed by atoms with van der Waals surface area (Å²) in [5.41, 5.74) is -3.47. The molecule has 0 atom stereocenters. The van der Waals surface area contributed by atoms with Crippen LogP contribution in [0.2, 0.25) is 0 Å². The van der Waals surface area contributed by atoms with E-state index < -0.39 is 35.1 Å². The molecule has 0 aliphatic rings. The Morgan fingerprint density at radius 1 is 0.913 bits per heavy atom. The largest absolute Gasteiger partial charge is 0.416 e. The van der Waals surface area contributed by atoms with E-state index >= 15 is 0 Å². The molecule has 0 heterocycles. The van der Waals surface area contributed by atoms with Crippen molar-refractivity contribution in [3.8, 4) is 0 Å². The van der Waals surface area contributed by atoms with Crippen LogP contribution >= 0.6 is 11.6 Å². The van der Waals surface area contributed by atoms with E-state index in [0.29, 0.717) is 37.3 Å². The van der Waals surface area contributed by atoms with Crippen molar-refractivity contribution in [2.24, 2.45) is 0 Å². The Bertz CT molecular complexity index is 509. The number of unbranched alkanes of at least 4 members (excludes halogenated alkanes) is 2. The second-order valence-electron chi connectivity index (χ2n) is 4.84. The van der Waals surface area contributed by atoms with Crippen LogP contribution in [0.5, 0.6) is 0 Å². The van der Waals surface area contributed by atoms with Gasteiger partial charge in [0.15, 0.2) is 0 Å². The minimum Gasteiger partial charge on any atom is -0.326 e. The normalized spacial score (nSPS) is 12.3. The molecule has 0 unspecified atom stereocenters. The third-order valence-corrected chi connectivity index (χ3v) is 3.18. The van der Waals surface area contributed by atoms with Crippen LogP contribution in [-0.2, 0) is 17.1 Å². The summed E-state index contributed by atoms with van der Waals surface area (Å²) in [7, 11) is 0. The third-order valence-electron chi connectivity index (χ3n) is 2.91. The highest BCUT2D eigenvalue weighted by Crippen LogP contribution is 2.37. The summed E-state index contributed by atoms with van der Waals surface area (Å²) >= 11 is 5.45. The fourth-order valence-electron chi connectivity index (χ4n) is 1.81. The summed E-state index contributed by atoms with van der Waals surface area (Å²) in [6.07, 6.45) is -8.12. The van der Waals surface area contributed by atoms with Crippen LogP contribution < -0.4 is 5.32 Å². The van der Waals surface area contributed by atoms with Crippen LogP contribution in [-0.4, -0.2) is 11.8 Å². The van der Waals surface area contributed by atoms with Crippen LogP contribution in [0, 0.1) is 0 Å². The molecule has 1 rings (SSSR count). The van der Waals surface area contributed by atoms with E-state index in [1.807, 2.05) is 0 Å². The lowest BCUT2D eigenvalue weighted by atomic mass is 10.1. The van der Waals surface area contributed by atoms with Gasteiger partial charge in [0, 0.05) is 18.0 Å². The number of anilines is 1. The average Bonchev–Trinajstić information content (AvgIpc) is 2.41. The third kappa shape index (κ3) is 6.68. The van der Waals surface area contributed by atoms with Gasteiger partial charge in [-0.05, 0) is 31.0 Å². The highest BCUT2D eigenvalue weighted by molar-refractivity contribution is 6.17. The van der Waals surface area contributed by atoms with E-state index in [9.17, 15) is 31.1 Å². The Hall–Kier alpha value is -1.44. The number of carbonyl (C=O) groups is 1. The van der Waals surface area contributed by atoms with E-state index in [-0.39, 0.29) is 12.5 Å². The first-order valence-electron chi connectivity index (χ1n) is 6.69. The summed E-state index contributed by atoms with van der Waals surface area (Å²) in [5, 5.41) is 2.07. The van der Waals surface area contributed by atoms with Gasteiger partial charge >= 0.3 is 12.4 Å². The molecule has 1 N–H and O–H groups in total. The second kappa shape index (κ2) is 7.90. The first-order valence-corrected chi connectivity index (χ1v) is 7.23. The molecule has 130 valence electrons. The van der Waals surface area contributed by atoms with E-state index in [4.69, 9.17) is 11.6 Å².